The molecule has 104 valence electrons. The third-order valence-corrected chi connectivity index (χ3v) is 3.34. The predicted octanol–water partition coefficient (Wildman–Crippen LogP) is 2.24. The number of carbonyl (C=O) groups is 1. The van der Waals surface area contributed by atoms with Crippen LogP contribution in [0.3, 0.4) is 0 Å². The number of hydrogen-bond donors (Lipinski definition) is 1. The largest absolute Gasteiger partial charge is 0.460 e. The number of hydrogen-bond acceptors (Lipinski definition) is 3. The number of ether oxygens (including phenoxy) is 1. The lowest BCUT2D eigenvalue weighted by Gasteiger charge is -2.08. The molecule has 0 amide bonds. The topological polar surface area (TPSA) is 52.3 Å². The fourth-order valence-electron chi connectivity index (χ4n) is 1.75. The molecule has 20 heavy (non-hydrogen) atoms. The van der Waals surface area contributed by atoms with E-state index in [9.17, 15) is 4.79 Å². The van der Waals surface area contributed by atoms with Gasteiger partial charge in [-0.15, -0.1) is 9.24 Å². The van der Waals surface area contributed by atoms with Gasteiger partial charge in [-0.2, -0.15) is 0 Å². The fraction of sp³-hybridized carbons (Fsp3) is 0.188. The zero-order valence-electron chi connectivity index (χ0n) is 11.4. The van der Waals surface area contributed by atoms with Crippen LogP contribution >= 0.6 is 9.24 Å². The Morgan fingerprint density at radius 3 is 2.10 bits per heavy atom. The molecule has 0 aliphatic carbocycles. The van der Waals surface area contributed by atoms with Crippen LogP contribution in [0, 0.1) is 0 Å². The lowest BCUT2D eigenvalue weighted by atomic mass is 10.0. The highest BCUT2D eigenvalue weighted by Gasteiger charge is 2.08. The summed E-state index contributed by atoms with van der Waals surface area (Å²) in [6.07, 6.45) is 0. The van der Waals surface area contributed by atoms with Crippen LogP contribution in [0.1, 0.15) is 12.5 Å². The molecule has 2 atom stereocenters. The number of esters is 1. The van der Waals surface area contributed by atoms with Gasteiger partial charge in [-0.1, -0.05) is 48.5 Å². The van der Waals surface area contributed by atoms with Crippen LogP contribution in [0.15, 0.2) is 48.5 Å². The number of nitrogens with two attached hydrogens (primary N) is 1. The first-order chi connectivity index (χ1) is 9.56. The second-order valence-corrected chi connectivity index (χ2v) is 5.38. The zero-order chi connectivity index (χ0) is 14.5. The maximum atomic E-state index is 11.3. The molecule has 0 saturated carbocycles. The Labute approximate surface area is 121 Å². The van der Waals surface area contributed by atoms with Crippen molar-refractivity contribution < 1.29 is 9.53 Å². The van der Waals surface area contributed by atoms with Crippen molar-refractivity contribution in [1.29, 1.82) is 0 Å². The SMILES string of the molecule is CC(N)C(=O)OCc1ccc(-c2ccc(P)cc2)cc1. The smallest absolute Gasteiger partial charge is 0.322 e. The summed E-state index contributed by atoms with van der Waals surface area (Å²) in [5.41, 5.74) is 8.68. The second-order valence-electron chi connectivity index (χ2n) is 4.72. The van der Waals surface area contributed by atoms with Crippen LogP contribution in [0.2, 0.25) is 0 Å². The van der Waals surface area contributed by atoms with Crippen molar-refractivity contribution in [1.82, 2.24) is 0 Å². The van der Waals surface area contributed by atoms with Gasteiger partial charge in [0.15, 0.2) is 0 Å². The highest BCUT2D eigenvalue weighted by molar-refractivity contribution is 7.27. The highest BCUT2D eigenvalue weighted by atomic mass is 31.0. The second kappa shape index (κ2) is 6.65. The van der Waals surface area contributed by atoms with E-state index in [0.29, 0.717) is 0 Å². The van der Waals surface area contributed by atoms with E-state index >= 15 is 0 Å². The van der Waals surface area contributed by atoms with Crippen molar-refractivity contribution in [2.45, 2.75) is 19.6 Å². The van der Waals surface area contributed by atoms with Gasteiger partial charge in [0.2, 0.25) is 0 Å². The lowest BCUT2D eigenvalue weighted by molar-refractivity contribution is -0.146. The Morgan fingerprint density at radius 1 is 1.10 bits per heavy atom. The van der Waals surface area contributed by atoms with Gasteiger partial charge < -0.3 is 10.5 Å². The van der Waals surface area contributed by atoms with Crippen molar-refractivity contribution in [3.8, 4) is 11.1 Å². The van der Waals surface area contributed by atoms with Gasteiger partial charge in [-0.25, -0.2) is 0 Å². The van der Waals surface area contributed by atoms with E-state index < -0.39 is 6.04 Å². The van der Waals surface area contributed by atoms with Gasteiger partial charge >= 0.3 is 5.97 Å². The molecule has 3 nitrogen and oxygen atoms in total. The highest BCUT2D eigenvalue weighted by Crippen LogP contribution is 2.19. The van der Waals surface area contributed by atoms with E-state index in [-0.39, 0.29) is 12.6 Å². The van der Waals surface area contributed by atoms with E-state index in [1.807, 2.05) is 24.3 Å². The molecule has 2 unspecified atom stereocenters. The molecule has 0 fully saturated rings. The number of carbonyl (C=O) groups excluding carboxylic acids is 1. The molecular formula is C16H18NO2P. The lowest BCUT2D eigenvalue weighted by Crippen LogP contribution is -2.28. The van der Waals surface area contributed by atoms with E-state index in [0.717, 1.165) is 22.0 Å². The quantitative estimate of drug-likeness (QED) is 0.693. The minimum atomic E-state index is -0.584. The molecule has 0 bridgehead atoms. The Kier molecular flexibility index (Phi) is 4.89. The van der Waals surface area contributed by atoms with Gasteiger partial charge in [0.25, 0.3) is 0 Å². The maximum absolute atomic E-state index is 11.3. The average molecular weight is 287 g/mol. The molecular weight excluding hydrogens is 269 g/mol. The summed E-state index contributed by atoms with van der Waals surface area (Å²) in [5.74, 6) is -0.384. The van der Waals surface area contributed by atoms with E-state index in [1.54, 1.807) is 6.92 Å². The summed E-state index contributed by atoms with van der Waals surface area (Å²) in [6, 6.07) is 15.6. The summed E-state index contributed by atoms with van der Waals surface area (Å²) in [4.78, 5) is 11.3. The minimum Gasteiger partial charge on any atom is -0.460 e. The molecule has 2 aromatic rings. The van der Waals surface area contributed by atoms with E-state index in [4.69, 9.17) is 10.5 Å². The van der Waals surface area contributed by atoms with Gasteiger partial charge in [0, 0.05) is 0 Å². The normalized spacial score (nSPS) is 11.9. The van der Waals surface area contributed by atoms with Crippen LogP contribution < -0.4 is 11.0 Å². The standard InChI is InChI=1S/C16H18NO2P/c1-11(17)16(18)19-10-12-2-4-13(5-3-12)14-6-8-15(20)9-7-14/h2-9,11H,10,17,20H2,1H3. The molecule has 0 aliphatic rings. The summed E-state index contributed by atoms with van der Waals surface area (Å²) in [7, 11) is 2.67. The first kappa shape index (κ1) is 14.7. The van der Waals surface area contributed by atoms with Gasteiger partial charge in [0.1, 0.15) is 12.6 Å². The first-order valence-corrected chi connectivity index (χ1v) is 7.01. The fourth-order valence-corrected chi connectivity index (χ4v) is 1.95. The monoisotopic (exact) mass is 287 g/mol. The van der Waals surface area contributed by atoms with E-state index in [2.05, 4.69) is 33.5 Å². The zero-order valence-corrected chi connectivity index (χ0v) is 12.5. The molecule has 0 aromatic heterocycles. The number of rotatable bonds is 4. The van der Waals surface area contributed by atoms with Crippen LogP contribution in [0.5, 0.6) is 0 Å². The third-order valence-electron chi connectivity index (χ3n) is 2.95. The molecule has 0 radical (unpaired) electrons. The molecule has 0 heterocycles. The van der Waals surface area contributed by atoms with Crippen molar-refractivity contribution in [2.24, 2.45) is 5.73 Å². The maximum Gasteiger partial charge on any atom is 0.322 e. The Morgan fingerprint density at radius 2 is 1.60 bits per heavy atom. The molecule has 0 aliphatic heterocycles. The van der Waals surface area contributed by atoms with Crippen LogP contribution in [-0.2, 0) is 16.1 Å². The first-order valence-electron chi connectivity index (χ1n) is 6.43. The summed E-state index contributed by atoms with van der Waals surface area (Å²) < 4.78 is 5.08. The molecule has 2 N–H and O–H groups in total. The third kappa shape index (κ3) is 3.89. The molecule has 0 saturated heterocycles. The van der Waals surface area contributed by atoms with Crippen LogP contribution in [-0.4, -0.2) is 12.0 Å². The molecule has 2 rings (SSSR count). The van der Waals surface area contributed by atoms with Gasteiger partial charge in [-0.05, 0) is 28.9 Å². The molecule has 0 spiro atoms. The summed E-state index contributed by atoms with van der Waals surface area (Å²) in [6.45, 7) is 1.87. The Hall–Kier alpha value is -1.70. The average Bonchev–Trinajstić information content (AvgIpc) is 2.46. The van der Waals surface area contributed by atoms with E-state index in [1.165, 1.54) is 0 Å². The van der Waals surface area contributed by atoms with Gasteiger partial charge in [0.05, 0.1) is 0 Å². The van der Waals surface area contributed by atoms with Crippen LogP contribution in [0.25, 0.3) is 11.1 Å². The Balaban J connectivity index is 2.03. The predicted molar refractivity (Wildman–Crippen MR) is 84.7 cm³/mol. The molecule has 4 heteroatoms. The minimum absolute atomic E-state index is 0.255. The number of benzene rings is 2. The summed E-state index contributed by atoms with van der Waals surface area (Å²) >= 11 is 0. The van der Waals surface area contributed by atoms with Crippen molar-refractivity contribution in [3.05, 3.63) is 54.1 Å². The molecule has 2 aromatic carbocycles. The van der Waals surface area contributed by atoms with Gasteiger partial charge in [-0.3, -0.25) is 4.79 Å². The van der Waals surface area contributed by atoms with Crippen LogP contribution in [0.4, 0.5) is 0 Å². The van der Waals surface area contributed by atoms with Crippen molar-refractivity contribution in [2.75, 3.05) is 0 Å². The Bertz CT molecular complexity index is 576. The van der Waals surface area contributed by atoms with Crippen molar-refractivity contribution >= 4 is 20.5 Å². The summed E-state index contributed by atoms with van der Waals surface area (Å²) in [5, 5.41) is 1.16. The van der Waals surface area contributed by atoms with Crippen molar-refractivity contribution in [3.63, 3.8) is 0 Å².